The highest BCUT2D eigenvalue weighted by Gasteiger charge is 2.35. The molecule has 5 rings (SSSR count). The van der Waals surface area contributed by atoms with Crippen LogP contribution in [0.2, 0.25) is 40.2 Å². The topological polar surface area (TPSA) is 92.3 Å². The van der Waals surface area contributed by atoms with Crippen LogP contribution in [0.5, 0.6) is 0 Å². The second-order valence-electron chi connectivity index (χ2n) is 8.72. The highest BCUT2D eigenvalue weighted by atomic mass is 35.5. The summed E-state index contributed by atoms with van der Waals surface area (Å²) in [5, 5.41) is 4.39. The minimum absolute atomic E-state index is 0.0300. The number of rotatable bonds is 4. The monoisotopic (exact) mass is 718 g/mol. The van der Waals surface area contributed by atoms with Gasteiger partial charge in [0.25, 0.3) is 11.8 Å². The predicted octanol–water partition coefficient (Wildman–Crippen LogP) is 10.2. The molecule has 0 radical (unpaired) electrons. The van der Waals surface area contributed by atoms with Gasteiger partial charge >= 0.3 is 0 Å². The van der Waals surface area contributed by atoms with E-state index in [1.165, 1.54) is 36.4 Å². The number of anilines is 2. The molecule has 0 atom stereocenters. The van der Waals surface area contributed by atoms with Crippen molar-refractivity contribution in [2.75, 3.05) is 10.6 Å². The Bertz CT molecular complexity index is 1770. The van der Waals surface area contributed by atoms with Crippen LogP contribution in [0.4, 0.5) is 11.4 Å². The number of benzene rings is 4. The molecule has 0 saturated carbocycles. The first kappa shape index (κ1) is 30.9. The van der Waals surface area contributed by atoms with Crippen molar-refractivity contribution in [1.82, 2.24) is 0 Å². The van der Waals surface area contributed by atoms with Crippen molar-refractivity contribution in [1.29, 1.82) is 0 Å². The Morgan fingerprint density at radius 3 is 1.21 bits per heavy atom. The van der Waals surface area contributed by atoms with E-state index >= 15 is 0 Å². The zero-order valence-electron chi connectivity index (χ0n) is 20.3. The van der Waals surface area contributed by atoms with Gasteiger partial charge in [0.2, 0.25) is 0 Å². The Morgan fingerprint density at radius 1 is 0.500 bits per heavy atom. The van der Waals surface area contributed by atoms with Gasteiger partial charge in [-0.2, -0.15) is 0 Å². The molecule has 0 heterocycles. The molecular formula is C28H10Cl8N2O4. The van der Waals surface area contributed by atoms with Crippen LogP contribution in [0.1, 0.15) is 52.6 Å². The maximum atomic E-state index is 13.7. The van der Waals surface area contributed by atoms with Crippen LogP contribution in [0.15, 0.2) is 48.5 Å². The summed E-state index contributed by atoms with van der Waals surface area (Å²) in [6, 6.07) is 11.2. The lowest BCUT2D eigenvalue weighted by Gasteiger charge is -2.23. The number of fused-ring (bicyclic) bond motifs is 2. The SMILES string of the molecule is O=C(Nc1ccc(NC(=O)c2cc(Cl)c(Cl)c(Cl)c2Cl)c2c1C(=O)c1ccccc1C2=O)c1cc(Cl)c(Cl)c(Cl)c1Cl. The first-order valence-corrected chi connectivity index (χ1v) is 14.5. The molecule has 0 saturated heterocycles. The first-order chi connectivity index (χ1) is 19.8. The zero-order chi connectivity index (χ0) is 30.6. The van der Waals surface area contributed by atoms with E-state index in [1.807, 2.05) is 0 Å². The van der Waals surface area contributed by atoms with Gasteiger partial charge < -0.3 is 10.6 Å². The summed E-state index contributed by atoms with van der Waals surface area (Å²) in [4.78, 5) is 54.0. The van der Waals surface area contributed by atoms with E-state index in [0.29, 0.717) is 0 Å². The largest absolute Gasteiger partial charge is 0.321 e. The average Bonchev–Trinajstić information content (AvgIpc) is 2.97. The van der Waals surface area contributed by atoms with Gasteiger partial charge in [-0.25, -0.2) is 0 Å². The number of ketones is 2. The number of halogens is 8. The summed E-state index contributed by atoms with van der Waals surface area (Å²) in [6.07, 6.45) is 0. The van der Waals surface area contributed by atoms with Crippen LogP contribution in [0.25, 0.3) is 0 Å². The number of nitrogens with one attached hydrogen (secondary N) is 2. The van der Waals surface area contributed by atoms with E-state index in [2.05, 4.69) is 10.6 Å². The molecule has 1 aliphatic carbocycles. The Morgan fingerprint density at radius 2 is 0.857 bits per heavy atom. The van der Waals surface area contributed by atoms with Crippen LogP contribution in [0, 0.1) is 0 Å². The second-order valence-corrected chi connectivity index (χ2v) is 11.8. The molecule has 0 aliphatic heterocycles. The highest BCUT2D eigenvalue weighted by Crippen LogP contribution is 2.41. The molecule has 0 bridgehead atoms. The van der Waals surface area contributed by atoms with Crippen LogP contribution in [-0.2, 0) is 0 Å². The number of carbonyl (C=O) groups is 4. The fraction of sp³-hybridized carbons (Fsp3) is 0. The van der Waals surface area contributed by atoms with E-state index in [0.717, 1.165) is 0 Å². The van der Waals surface area contributed by atoms with Crippen LogP contribution in [0.3, 0.4) is 0 Å². The summed E-state index contributed by atoms with van der Waals surface area (Å²) in [5.41, 5.74) is -0.514. The quantitative estimate of drug-likeness (QED) is 0.143. The highest BCUT2D eigenvalue weighted by molar-refractivity contribution is 6.54. The molecule has 4 aromatic rings. The molecule has 0 unspecified atom stereocenters. The molecular weight excluding hydrogens is 712 g/mol. The average molecular weight is 722 g/mol. The maximum absolute atomic E-state index is 13.7. The number of hydrogen-bond acceptors (Lipinski definition) is 4. The second kappa shape index (κ2) is 11.9. The molecule has 4 aromatic carbocycles. The Hall–Kier alpha value is -2.52. The first-order valence-electron chi connectivity index (χ1n) is 11.5. The van der Waals surface area contributed by atoms with E-state index in [-0.39, 0.29) is 84.9 Å². The summed E-state index contributed by atoms with van der Waals surface area (Å²) in [6.45, 7) is 0. The molecule has 0 spiro atoms. The molecule has 42 heavy (non-hydrogen) atoms. The lowest BCUT2D eigenvalue weighted by atomic mass is 9.82. The van der Waals surface area contributed by atoms with Crippen molar-refractivity contribution in [3.05, 3.63) is 122 Å². The Labute approximate surface area is 277 Å². The van der Waals surface area contributed by atoms with Gasteiger partial charge in [-0.05, 0) is 24.3 Å². The lowest BCUT2D eigenvalue weighted by molar-refractivity contribution is 0.0977. The Balaban J connectivity index is 1.63. The minimum Gasteiger partial charge on any atom is -0.321 e. The van der Waals surface area contributed by atoms with E-state index in [4.69, 9.17) is 92.8 Å². The standard InChI is InChI=1S/C28H10Cl8N2O4/c29-13-7-11(19(31)23(35)21(13)33)27(41)37-15-5-6-16(38-28(42)12-8-14(30)22(34)24(36)20(12)32)18-17(15)25(39)9-3-1-2-4-10(9)26(18)40/h1-8H,(H,37,41)(H,38,42). The number of carbonyl (C=O) groups excluding carboxylic acids is 4. The van der Waals surface area contributed by atoms with Crippen molar-refractivity contribution >= 4 is 128 Å². The summed E-state index contributed by atoms with van der Waals surface area (Å²) in [5.74, 6) is -2.76. The summed E-state index contributed by atoms with van der Waals surface area (Å²) >= 11 is 48.9. The third-order valence-electron chi connectivity index (χ3n) is 6.27. The molecule has 1 aliphatic rings. The van der Waals surface area contributed by atoms with E-state index in [1.54, 1.807) is 12.1 Å². The van der Waals surface area contributed by atoms with Gasteiger partial charge in [0.15, 0.2) is 11.6 Å². The van der Waals surface area contributed by atoms with E-state index in [9.17, 15) is 19.2 Å². The normalized spacial score (nSPS) is 12.1. The number of amides is 2. The fourth-order valence-electron chi connectivity index (χ4n) is 4.29. The fourth-order valence-corrected chi connectivity index (χ4v) is 6.06. The Kier molecular flexibility index (Phi) is 8.74. The van der Waals surface area contributed by atoms with Crippen molar-refractivity contribution in [3.63, 3.8) is 0 Å². The number of hydrogen-bond donors (Lipinski definition) is 2. The van der Waals surface area contributed by atoms with Gasteiger partial charge in [0.1, 0.15) is 0 Å². The third kappa shape index (κ3) is 5.25. The van der Waals surface area contributed by atoms with Crippen molar-refractivity contribution in [3.8, 4) is 0 Å². The molecule has 14 heteroatoms. The van der Waals surface area contributed by atoms with Gasteiger partial charge in [0, 0.05) is 11.1 Å². The minimum atomic E-state index is -0.796. The van der Waals surface area contributed by atoms with Crippen LogP contribution in [-0.4, -0.2) is 23.4 Å². The lowest BCUT2D eigenvalue weighted by Crippen LogP contribution is -2.26. The molecule has 2 N–H and O–H groups in total. The van der Waals surface area contributed by atoms with Gasteiger partial charge in [-0.15, -0.1) is 0 Å². The van der Waals surface area contributed by atoms with Gasteiger partial charge in [-0.3, -0.25) is 19.2 Å². The third-order valence-corrected chi connectivity index (χ3v) is 9.77. The van der Waals surface area contributed by atoms with E-state index < -0.39 is 23.4 Å². The predicted molar refractivity (Wildman–Crippen MR) is 169 cm³/mol. The summed E-state index contributed by atoms with van der Waals surface area (Å²) < 4.78 is 0. The smallest absolute Gasteiger partial charge is 0.257 e. The molecule has 212 valence electrons. The molecule has 0 aromatic heterocycles. The summed E-state index contributed by atoms with van der Waals surface area (Å²) in [7, 11) is 0. The van der Waals surface area contributed by atoms with Crippen LogP contribution < -0.4 is 10.6 Å². The van der Waals surface area contributed by atoms with Gasteiger partial charge in [-0.1, -0.05) is 117 Å². The van der Waals surface area contributed by atoms with Crippen molar-refractivity contribution < 1.29 is 19.2 Å². The molecule has 6 nitrogen and oxygen atoms in total. The van der Waals surface area contributed by atoms with Crippen molar-refractivity contribution in [2.24, 2.45) is 0 Å². The van der Waals surface area contributed by atoms with Gasteiger partial charge in [0.05, 0.1) is 73.8 Å². The van der Waals surface area contributed by atoms with Crippen molar-refractivity contribution in [2.45, 2.75) is 0 Å². The molecule has 0 fully saturated rings. The zero-order valence-corrected chi connectivity index (χ0v) is 26.3. The molecule has 2 amide bonds. The van der Waals surface area contributed by atoms with Crippen LogP contribution >= 0.6 is 92.8 Å². The maximum Gasteiger partial charge on any atom is 0.257 e.